The third kappa shape index (κ3) is 4.78. The summed E-state index contributed by atoms with van der Waals surface area (Å²) in [5, 5.41) is 9.27. The number of piperidine rings is 1. The van der Waals surface area contributed by atoms with Crippen molar-refractivity contribution < 1.29 is 9.90 Å². The van der Waals surface area contributed by atoms with E-state index in [1.165, 1.54) is 49.8 Å². The lowest BCUT2D eigenvalue weighted by Gasteiger charge is -2.39. The van der Waals surface area contributed by atoms with Gasteiger partial charge in [0.05, 0.1) is 11.0 Å². The maximum atomic E-state index is 13.8. The van der Waals surface area contributed by atoms with Crippen molar-refractivity contribution >= 4 is 22.9 Å². The number of nitrogens with zero attached hydrogens (tertiary/aromatic N) is 5. The van der Waals surface area contributed by atoms with E-state index in [0.717, 1.165) is 37.0 Å². The summed E-state index contributed by atoms with van der Waals surface area (Å²) in [5.74, 6) is 0.464. The molecule has 0 radical (unpaired) electrons. The Morgan fingerprint density at radius 2 is 1.47 bits per heavy atom. The Kier molecular flexibility index (Phi) is 7.04. The van der Waals surface area contributed by atoms with E-state index in [-0.39, 0.29) is 11.6 Å². The number of benzene rings is 1. The molecule has 2 saturated heterocycles. The van der Waals surface area contributed by atoms with E-state index in [1.54, 1.807) is 0 Å². The average molecular weight is 468 g/mol. The molecule has 0 bridgehead atoms. The van der Waals surface area contributed by atoms with Crippen LogP contribution in [0.3, 0.4) is 0 Å². The molecule has 184 valence electrons. The highest BCUT2D eigenvalue weighted by atomic mass is 16.4. The number of piperazine rings is 1. The van der Waals surface area contributed by atoms with Gasteiger partial charge in [-0.05, 0) is 37.8 Å². The minimum atomic E-state index is -0.903. The fraction of sp³-hybridized carbons (Fsp3) is 0.654. The molecule has 1 aliphatic carbocycles. The zero-order valence-corrected chi connectivity index (χ0v) is 20.1. The second kappa shape index (κ2) is 10.3. The number of carboxylic acid groups (broad SMARTS) is 1. The number of fused-ring (bicyclic) bond motifs is 1. The van der Waals surface area contributed by atoms with Crippen LogP contribution in [0.5, 0.6) is 0 Å². The number of likely N-dealkylation sites (tertiary alicyclic amines) is 1. The minimum absolute atomic E-state index is 0.0353. The van der Waals surface area contributed by atoms with E-state index in [1.807, 2.05) is 33.7 Å². The number of hydrogen-bond acceptors (Lipinski definition) is 5. The summed E-state index contributed by atoms with van der Waals surface area (Å²) in [5.41, 5.74) is 1.71. The van der Waals surface area contributed by atoms with Crippen molar-refractivity contribution in [2.75, 3.05) is 44.2 Å². The molecule has 5 rings (SSSR count). The first-order valence-corrected chi connectivity index (χ1v) is 13.1. The first kappa shape index (κ1) is 23.1. The number of hydrogen-bond donors (Lipinski definition) is 1. The van der Waals surface area contributed by atoms with Gasteiger partial charge in [-0.1, -0.05) is 44.2 Å². The maximum Gasteiger partial charge on any atom is 0.407 e. The molecule has 0 unspecified atom stereocenters. The van der Waals surface area contributed by atoms with Crippen molar-refractivity contribution in [1.82, 2.24) is 19.4 Å². The molecule has 8 heteroatoms. The molecule has 1 aromatic carbocycles. The maximum absolute atomic E-state index is 13.8. The summed E-state index contributed by atoms with van der Waals surface area (Å²) < 4.78 is 2.00. The summed E-state index contributed by atoms with van der Waals surface area (Å²) in [6.07, 6.45) is 10.5. The molecular weight excluding hydrogens is 430 g/mol. The zero-order chi connectivity index (χ0) is 23.5. The van der Waals surface area contributed by atoms with Crippen LogP contribution >= 0.6 is 0 Å². The van der Waals surface area contributed by atoms with Gasteiger partial charge in [-0.15, -0.1) is 0 Å². The van der Waals surface area contributed by atoms with Gasteiger partial charge in [-0.25, -0.2) is 9.78 Å². The standard InChI is InChI=1S/C26H37N5O3/c32-25-24(29-16-18-30(19-17-29)26(33)34)27-22-10-6-7-11-23(22)31(25)21-12-14-28(15-13-21)20-8-4-2-1-3-5-9-20/h6-7,10-11,20-21H,1-5,8-9,12-19H2,(H,33,34). The highest BCUT2D eigenvalue weighted by Crippen LogP contribution is 2.30. The quantitative estimate of drug-likeness (QED) is 0.736. The van der Waals surface area contributed by atoms with Crippen LogP contribution in [-0.4, -0.2) is 75.9 Å². The van der Waals surface area contributed by atoms with Crippen molar-refractivity contribution in [3.05, 3.63) is 34.6 Å². The number of para-hydroxylation sites is 2. The highest BCUT2D eigenvalue weighted by molar-refractivity contribution is 5.76. The molecule has 3 aliphatic rings. The summed E-state index contributed by atoms with van der Waals surface area (Å²) in [7, 11) is 0. The van der Waals surface area contributed by atoms with E-state index >= 15 is 0 Å². The molecule has 2 aliphatic heterocycles. The number of anilines is 1. The summed E-state index contributed by atoms with van der Waals surface area (Å²) in [4.78, 5) is 35.9. The van der Waals surface area contributed by atoms with Crippen LogP contribution in [0.1, 0.15) is 63.8 Å². The lowest BCUT2D eigenvalue weighted by molar-refractivity contribution is 0.116. The van der Waals surface area contributed by atoms with Crippen molar-refractivity contribution in [1.29, 1.82) is 0 Å². The fourth-order valence-corrected chi connectivity index (χ4v) is 6.13. The average Bonchev–Trinajstić information content (AvgIpc) is 2.84. The Balaban J connectivity index is 1.37. The lowest BCUT2D eigenvalue weighted by atomic mass is 9.93. The molecular formula is C26H37N5O3. The Labute approximate surface area is 201 Å². The highest BCUT2D eigenvalue weighted by Gasteiger charge is 2.30. The van der Waals surface area contributed by atoms with Gasteiger partial charge in [0.15, 0.2) is 5.82 Å². The van der Waals surface area contributed by atoms with Crippen LogP contribution in [0.25, 0.3) is 11.0 Å². The van der Waals surface area contributed by atoms with E-state index < -0.39 is 6.09 Å². The Morgan fingerprint density at radius 3 is 2.15 bits per heavy atom. The molecule has 1 N–H and O–H groups in total. The molecule has 1 aromatic heterocycles. The Bertz CT molecular complexity index is 1050. The minimum Gasteiger partial charge on any atom is -0.465 e. The summed E-state index contributed by atoms with van der Waals surface area (Å²) in [6, 6.07) is 8.81. The van der Waals surface area contributed by atoms with Gasteiger partial charge >= 0.3 is 6.09 Å². The second-order valence-electron chi connectivity index (χ2n) is 10.1. The molecule has 3 fully saturated rings. The van der Waals surface area contributed by atoms with Gasteiger partial charge in [0.1, 0.15) is 0 Å². The van der Waals surface area contributed by atoms with Gasteiger partial charge in [0, 0.05) is 51.4 Å². The SMILES string of the molecule is O=C(O)N1CCN(c2nc3ccccc3n(C3CCN(C4CCCCCCC4)CC3)c2=O)CC1. The van der Waals surface area contributed by atoms with E-state index in [9.17, 15) is 14.7 Å². The van der Waals surface area contributed by atoms with Gasteiger partial charge in [0.2, 0.25) is 0 Å². The van der Waals surface area contributed by atoms with Crippen molar-refractivity contribution in [3.63, 3.8) is 0 Å². The normalized spacial score (nSPS) is 22.0. The molecule has 0 atom stereocenters. The van der Waals surface area contributed by atoms with Crippen molar-refractivity contribution in [2.45, 2.75) is 69.9 Å². The van der Waals surface area contributed by atoms with Gasteiger partial charge in [-0.2, -0.15) is 0 Å². The number of carbonyl (C=O) groups is 1. The third-order valence-electron chi connectivity index (χ3n) is 8.08. The first-order valence-electron chi connectivity index (χ1n) is 13.1. The first-order chi connectivity index (χ1) is 16.6. The zero-order valence-electron chi connectivity index (χ0n) is 20.1. The predicted molar refractivity (Wildman–Crippen MR) is 134 cm³/mol. The monoisotopic (exact) mass is 467 g/mol. The van der Waals surface area contributed by atoms with Crippen LogP contribution in [0.2, 0.25) is 0 Å². The van der Waals surface area contributed by atoms with E-state index in [4.69, 9.17) is 4.98 Å². The number of rotatable bonds is 3. The largest absolute Gasteiger partial charge is 0.465 e. The van der Waals surface area contributed by atoms with Gasteiger partial charge in [0.25, 0.3) is 5.56 Å². The molecule has 3 heterocycles. The van der Waals surface area contributed by atoms with Crippen molar-refractivity contribution in [3.8, 4) is 0 Å². The molecule has 34 heavy (non-hydrogen) atoms. The smallest absolute Gasteiger partial charge is 0.407 e. The van der Waals surface area contributed by atoms with E-state index in [0.29, 0.717) is 38.0 Å². The van der Waals surface area contributed by atoms with Crippen LogP contribution < -0.4 is 10.5 Å². The third-order valence-corrected chi connectivity index (χ3v) is 8.08. The van der Waals surface area contributed by atoms with Crippen LogP contribution in [0.15, 0.2) is 29.1 Å². The topological polar surface area (TPSA) is 81.9 Å². The molecule has 1 amide bonds. The van der Waals surface area contributed by atoms with Gasteiger partial charge < -0.3 is 24.4 Å². The van der Waals surface area contributed by atoms with Gasteiger partial charge in [-0.3, -0.25) is 4.79 Å². The number of aromatic nitrogens is 2. The summed E-state index contributed by atoms with van der Waals surface area (Å²) >= 11 is 0. The fourth-order valence-electron chi connectivity index (χ4n) is 6.13. The number of amides is 1. The Hall–Kier alpha value is -2.61. The van der Waals surface area contributed by atoms with Crippen LogP contribution in [-0.2, 0) is 0 Å². The van der Waals surface area contributed by atoms with Crippen molar-refractivity contribution in [2.24, 2.45) is 0 Å². The second-order valence-corrected chi connectivity index (χ2v) is 10.1. The Morgan fingerprint density at radius 1 is 0.824 bits per heavy atom. The summed E-state index contributed by atoms with van der Waals surface area (Å²) in [6.45, 7) is 3.86. The molecule has 2 aromatic rings. The molecule has 1 saturated carbocycles. The van der Waals surface area contributed by atoms with E-state index in [2.05, 4.69) is 4.90 Å². The molecule has 8 nitrogen and oxygen atoms in total. The predicted octanol–water partition coefficient (Wildman–Crippen LogP) is 3.95. The van der Waals surface area contributed by atoms with Crippen LogP contribution in [0.4, 0.5) is 10.6 Å². The molecule has 0 spiro atoms. The van der Waals surface area contributed by atoms with Crippen LogP contribution in [0, 0.1) is 0 Å². The lowest BCUT2D eigenvalue weighted by Crippen LogP contribution is -2.50.